The molecular formula is C20H19ClFN3O2S. The Kier molecular flexibility index (Phi) is 4.75. The third-order valence-electron chi connectivity index (χ3n) is 5.27. The Balaban J connectivity index is 1.66. The first-order chi connectivity index (χ1) is 13.3. The molecule has 0 unspecified atom stereocenters. The number of hydrogen-bond donors (Lipinski definition) is 0. The highest BCUT2D eigenvalue weighted by Crippen LogP contribution is 2.33. The molecule has 4 rings (SSSR count). The molecule has 3 aromatic heterocycles. The van der Waals surface area contributed by atoms with Crippen molar-refractivity contribution in [1.82, 2.24) is 14.5 Å². The summed E-state index contributed by atoms with van der Waals surface area (Å²) in [6.45, 7) is 3.73. The van der Waals surface area contributed by atoms with Crippen LogP contribution in [0.5, 0.6) is 0 Å². The minimum Gasteiger partial charge on any atom is -0.335 e. The predicted molar refractivity (Wildman–Crippen MR) is 110 cm³/mol. The van der Waals surface area contributed by atoms with E-state index in [-0.39, 0.29) is 31.1 Å². The van der Waals surface area contributed by atoms with Crippen LogP contribution in [0.25, 0.3) is 21.2 Å². The predicted octanol–water partition coefficient (Wildman–Crippen LogP) is 4.05. The van der Waals surface area contributed by atoms with Crippen LogP contribution in [0.2, 0.25) is 5.15 Å². The van der Waals surface area contributed by atoms with Gasteiger partial charge >= 0.3 is 0 Å². The molecule has 0 atom stereocenters. The van der Waals surface area contributed by atoms with Gasteiger partial charge in [0.2, 0.25) is 5.91 Å². The molecule has 8 heteroatoms. The lowest BCUT2D eigenvalue weighted by Gasteiger charge is -2.44. The zero-order chi connectivity index (χ0) is 20.1. The molecule has 1 saturated heterocycles. The van der Waals surface area contributed by atoms with Gasteiger partial charge in [-0.3, -0.25) is 9.59 Å². The second-order valence-corrected chi connectivity index (χ2v) is 8.49. The second-order valence-electron chi connectivity index (χ2n) is 7.22. The van der Waals surface area contributed by atoms with Gasteiger partial charge in [-0.1, -0.05) is 18.5 Å². The van der Waals surface area contributed by atoms with Gasteiger partial charge < -0.3 is 9.47 Å². The molecule has 0 aromatic carbocycles. The molecule has 0 spiro atoms. The van der Waals surface area contributed by atoms with Crippen molar-refractivity contribution in [3.05, 3.63) is 51.0 Å². The first-order valence-electron chi connectivity index (χ1n) is 9.01. The molecule has 1 aliphatic heterocycles. The molecule has 1 fully saturated rings. The highest BCUT2D eigenvalue weighted by molar-refractivity contribution is 7.17. The maximum Gasteiger partial charge on any atom is 0.260 e. The molecule has 0 bridgehead atoms. The molecule has 1 aliphatic rings. The average Bonchev–Trinajstić information content (AvgIpc) is 3.08. The number of rotatable bonds is 4. The number of carbonyl (C=O) groups excluding carboxylic acids is 1. The summed E-state index contributed by atoms with van der Waals surface area (Å²) in [6, 6.07) is 3.72. The van der Waals surface area contributed by atoms with E-state index >= 15 is 0 Å². The number of halogens is 2. The third kappa shape index (κ3) is 3.22. The van der Waals surface area contributed by atoms with Crippen LogP contribution in [-0.2, 0) is 11.3 Å². The van der Waals surface area contributed by atoms with Crippen molar-refractivity contribution < 1.29 is 9.18 Å². The Morgan fingerprint density at radius 1 is 1.43 bits per heavy atom. The molecule has 146 valence electrons. The molecule has 0 N–H and O–H groups in total. The number of nitrogens with zero attached hydrogens (tertiary/aromatic N) is 3. The number of likely N-dealkylation sites (tertiary alicyclic amines) is 1. The molecule has 0 radical (unpaired) electrons. The number of pyridine rings is 2. The summed E-state index contributed by atoms with van der Waals surface area (Å²) in [5.74, 6) is -0.246. The van der Waals surface area contributed by atoms with Crippen molar-refractivity contribution in [2.24, 2.45) is 0 Å². The Hall–Kier alpha value is -2.25. The van der Waals surface area contributed by atoms with Crippen molar-refractivity contribution >= 4 is 38.9 Å². The molecular weight excluding hydrogens is 401 g/mol. The van der Waals surface area contributed by atoms with Crippen LogP contribution in [0, 0.1) is 6.92 Å². The van der Waals surface area contributed by atoms with Gasteiger partial charge in [0.05, 0.1) is 18.5 Å². The second kappa shape index (κ2) is 6.97. The van der Waals surface area contributed by atoms with Crippen LogP contribution in [0.15, 0.2) is 34.7 Å². The highest BCUT2D eigenvalue weighted by atomic mass is 35.5. The minimum atomic E-state index is -1.29. The zero-order valence-corrected chi connectivity index (χ0v) is 17.1. The fourth-order valence-electron chi connectivity index (χ4n) is 3.41. The maximum atomic E-state index is 14.1. The van der Waals surface area contributed by atoms with E-state index in [1.807, 2.05) is 24.4 Å². The van der Waals surface area contributed by atoms with Crippen LogP contribution >= 0.6 is 22.9 Å². The Morgan fingerprint density at radius 2 is 2.18 bits per heavy atom. The van der Waals surface area contributed by atoms with Crippen molar-refractivity contribution in [3.8, 4) is 11.1 Å². The number of carbonyl (C=O) groups is 1. The molecule has 4 heterocycles. The molecule has 28 heavy (non-hydrogen) atoms. The summed E-state index contributed by atoms with van der Waals surface area (Å²) in [5.41, 5.74) is 0.884. The summed E-state index contributed by atoms with van der Waals surface area (Å²) < 4.78 is 16.3. The van der Waals surface area contributed by atoms with Gasteiger partial charge in [-0.2, -0.15) is 0 Å². The van der Waals surface area contributed by atoms with Crippen molar-refractivity contribution in [2.45, 2.75) is 32.5 Å². The quantitative estimate of drug-likeness (QED) is 0.599. The number of aromatic nitrogens is 2. The smallest absolute Gasteiger partial charge is 0.260 e. The Bertz CT molecular complexity index is 1130. The van der Waals surface area contributed by atoms with Crippen molar-refractivity contribution in [2.75, 3.05) is 13.1 Å². The fraction of sp³-hybridized carbons (Fsp3) is 0.350. The van der Waals surface area contributed by atoms with Gasteiger partial charge in [0.15, 0.2) is 0 Å². The van der Waals surface area contributed by atoms with Crippen LogP contribution in [0.4, 0.5) is 4.39 Å². The van der Waals surface area contributed by atoms with Crippen LogP contribution in [0.1, 0.15) is 18.9 Å². The number of aryl methyl sites for hydroxylation is 1. The van der Waals surface area contributed by atoms with E-state index < -0.39 is 5.67 Å². The van der Waals surface area contributed by atoms with E-state index in [0.29, 0.717) is 17.0 Å². The fourth-order valence-corrected chi connectivity index (χ4v) is 4.47. The monoisotopic (exact) mass is 419 g/mol. The van der Waals surface area contributed by atoms with E-state index in [1.54, 1.807) is 19.3 Å². The topological polar surface area (TPSA) is 55.2 Å². The highest BCUT2D eigenvalue weighted by Gasteiger charge is 2.44. The summed E-state index contributed by atoms with van der Waals surface area (Å²) >= 11 is 7.48. The first-order valence-corrected chi connectivity index (χ1v) is 10.3. The lowest BCUT2D eigenvalue weighted by molar-refractivity contribution is -0.146. The van der Waals surface area contributed by atoms with Gasteiger partial charge in [0, 0.05) is 33.6 Å². The van der Waals surface area contributed by atoms with E-state index in [2.05, 4.69) is 4.98 Å². The summed E-state index contributed by atoms with van der Waals surface area (Å²) in [7, 11) is 0. The van der Waals surface area contributed by atoms with Gasteiger partial charge in [0.25, 0.3) is 5.56 Å². The number of fused-ring (bicyclic) bond motifs is 1. The summed E-state index contributed by atoms with van der Waals surface area (Å²) in [5, 5.41) is 2.90. The molecule has 0 aliphatic carbocycles. The minimum absolute atomic E-state index is 0.0955. The zero-order valence-electron chi connectivity index (χ0n) is 15.5. The first kappa shape index (κ1) is 19.1. The van der Waals surface area contributed by atoms with Crippen LogP contribution in [0.3, 0.4) is 0 Å². The molecule has 5 nitrogen and oxygen atoms in total. The van der Waals surface area contributed by atoms with E-state index in [9.17, 15) is 14.0 Å². The van der Waals surface area contributed by atoms with E-state index in [0.717, 1.165) is 21.4 Å². The number of amides is 1. The lowest BCUT2D eigenvalue weighted by Crippen LogP contribution is -2.61. The number of alkyl halides is 1. The van der Waals surface area contributed by atoms with Gasteiger partial charge in [-0.15, -0.1) is 11.3 Å². The SMILES string of the molecule is CCC1(F)CN(C(=O)Cn2ccc3scc(-c4cnc(Cl)c(C)c4)c3c2=O)C1. The van der Waals surface area contributed by atoms with E-state index in [1.165, 1.54) is 20.8 Å². The normalized spacial score (nSPS) is 15.6. The van der Waals surface area contributed by atoms with Crippen molar-refractivity contribution in [1.29, 1.82) is 0 Å². The largest absolute Gasteiger partial charge is 0.335 e. The molecule has 0 saturated carbocycles. The van der Waals surface area contributed by atoms with Crippen LogP contribution in [-0.4, -0.2) is 39.1 Å². The third-order valence-corrected chi connectivity index (χ3v) is 6.61. The van der Waals surface area contributed by atoms with Gasteiger partial charge in [-0.05, 0) is 31.0 Å². The Labute approximate surface area is 170 Å². The van der Waals surface area contributed by atoms with Crippen LogP contribution < -0.4 is 5.56 Å². The molecule has 1 amide bonds. The number of hydrogen-bond acceptors (Lipinski definition) is 4. The summed E-state index contributed by atoms with van der Waals surface area (Å²) in [4.78, 5) is 31.1. The Morgan fingerprint density at radius 3 is 2.86 bits per heavy atom. The van der Waals surface area contributed by atoms with E-state index in [4.69, 9.17) is 11.6 Å². The van der Waals surface area contributed by atoms with Gasteiger partial charge in [-0.25, -0.2) is 9.37 Å². The molecule has 3 aromatic rings. The maximum absolute atomic E-state index is 14.1. The van der Waals surface area contributed by atoms with Gasteiger partial charge in [0.1, 0.15) is 17.4 Å². The lowest BCUT2D eigenvalue weighted by atomic mass is 9.93. The van der Waals surface area contributed by atoms with Crippen molar-refractivity contribution in [3.63, 3.8) is 0 Å². The summed E-state index contributed by atoms with van der Waals surface area (Å²) in [6.07, 6.45) is 3.65. The average molecular weight is 420 g/mol. The standard InChI is InChI=1S/C20H19ClFN3O2S/c1-3-20(22)10-25(11-20)16(26)8-24-5-4-15-17(19(24)27)14(9-28-15)13-6-12(2)18(21)23-7-13/h4-7,9H,3,8,10-11H2,1-2H3. The number of thiophene rings is 1.